The third kappa shape index (κ3) is 2.32. The standard InChI is InChI=1S/C17H11ClN2/c18-13-7-9-16-14(10-13)15(11-19)17(20-16)8-6-12-4-2-1-3-5-12/h1-10,20H/b8-6+. The van der Waals surface area contributed by atoms with Gasteiger partial charge in [0, 0.05) is 15.9 Å². The zero-order valence-electron chi connectivity index (χ0n) is 10.6. The number of nitriles is 1. The van der Waals surface area contributed by atoms with Gasteiger partial charge in [0.15, 0.2) is 0 Å². The second kappa shape index (κ2) is 5.24. The SMILES string of the molecule is N#Cc1c(/C=C/c2ccccc2)[nH]c2ccc(Cl)cc12. The zero-order chi connectivity index (χ0) is 13.9. The number of fused-ring (bicyclic) bond motifs is 1. The van der Waals surface area contributed by atoms with Crippen LogP contribution >= 0.6 is 11.6 Å². The Hall–Kier alpha value is -2.50. The van der Waals surface area contributed by atoms with Crippen molar-refractivity contribution < 1.29 is 0 Å². The Balaban J connectivity index is 2.08. The predicted molar refractivity (Wildman–Crippen MR) is 83.4 cm³/mol. The summed E-state index contributed by atoms with van der Waals surface area (Å²) in [6, 6.07) is 17.7. The van der Waals surface area contributed by atoms with Gasteiger partial charge in [-0.05, 0) is 29.8 Å². The van der Waals surface area contributed by atoms with Crippen molar-refractivity contribution in [2.45, 2.75) is 0 Å². The fourth-order valence-electron chi connectivity index (χ4n) is 2.17. The molecule has 2 nitrogen and oxygen atoms in total. The van der Waals surface area contributed by atoms with Crippen molar-refractivity contribution in [1.82, 2.24) is 4.98 Å². The topological polar surface area (TPSA) is 39.6 Å². The first-order valence-corrected chi connectivity index (χ1v) is 6.60. The van der Waals surface area contributed by atoms with Crippen molar-refractivity contribution in [2.75, 3.05) is 0 Å². The molecule has 0 saturated carbocycles. The normalized spacial score (nSPS) is 11.0. The molecule has 3 heteroatoms. The fraction of sp³-hybridized carbons (Fsp3) is 0. The molecular weight excluding hydrogens is 268 g/mol. The lowest BCUT2D eigenvalue weighted by atomic mass is 10.1. The van der Waals surface area contributed by atoms with Crippen molar-refractivity contribution in [1.29, 1.82) is 5.26 Å². The van der Waals surface area contributed by atoms with E-state index in [2.05, 4.69) is 11.1 Å². The van der Waals surface area contributed by atoms with Crippen LogP contribution < -0.4 is 0 Å². The Bertz CT molecular complexity index is 823. The van der Waals surface area contributed by atoms with Crippen LogP contribution in [0.25, 0.3) is 23.1 Å². The van der Waals surface area contributed by atoms with Gasteiger partial charge in [-0.3, -0.25) is 0 Å². The van der Waals surface area contributed by atoms with E-state index in [1.807, 2.05) is 60.7 Å². The van der Waals surface area contributed by atoms with Crippen molar-refractivity contribution in [3.63, 3.8) is 0 Å². The minimum absolute atomic E-state index is 0.620. The van der Waals surface area contributed by atoms with Gasteiger partial charge in [-0.15, -0.1) is 0 Å². The van der Waals surface area contributed by atoms with Crippen LogP contribution in [0.15, 0.2) is 48.5 Å². The Morgan fingerprint density at radius 1 is 1.05 bits per heavy atom. The molecule has 0 spiro atoms. The molecule has 0 atom stereocenters. The van der Waals surface area contributed by atoms with E-state index >= 15 is 0 Å². The lowest BCUT2D eigenvalue weighted by Crippen LogP contribution is -1.77. The highest BCUT2D eigenvalue weighted by molar-refractivity contribution is 6.31. The van der Waals surface area contributed by atoms with Crippen molar-refractivity contribution >= 4 is 34.7 Å². The van der Waals surface area contributed by atoms with Crippen LogP contribution in [0.1, 0.15) is 16.8 Å². The van der Waals surface area contributed by atoms with Crippen LogP contribution in [0, 0.1) is 11.3 Å². The number of nitrogens with one attached hydrogen (secondary N) is 1. The summed E-state index contributed by atoms with van der Waals surface area (Å²) in [6.45, 7) is 0. The molecule has 3 aromatic rings. The Labute approximate surface area is 121 Å². The number of halogens is 1. The summed E-state index contributed by atoms with van der Waals surface area (Å²) in [5, 5.41) is 10.8. The summed E-state index contributed by atoms with van der Waals surface area (Å²) in [7, 11) is 0. The van der Waals surface area contributed by atoms with Crippen LogP contribution in [-0.2, 0) is 0 Å². The van der Waals surface area contributed by atoms with Gasteiger partial charge in [0.2, 0.25) is 0 Å². The maximum Gasteiger partial charge on any atom is 0.102 e. The molecule has 0 bridgehead atoms. The number of hydrogen-bond acceptors (Lipinski definition) is 1. The van der Waals surface area contributed by atoms with E-state index in [1.165, 1.54) is 0 Å². The summed E-state index contributed by atoms with van der Waals surface area (Å²) >= 11 is 5.99. The molecular formula is C17H11ClN2. The van der Waals surface area contributed by atoms with Crippen LogP contribution in [0.5, 0.6) is 0 Å². The number of benzene rings is 2. The maximum atomic E-state index is 9.35. The number of aromatic nitrogens is 1. The molecule has 0 unspecified atom stereocenters. The smallest absolute Gasteiger partial charge is 0.102 e. The molecule has 2 aromatic carbocycles. The number of H-pyrrole nitrogens is 1. The largest absolute Gasteiger partial charge is 0.354 e. The van der Waals surface area contributed by atoms with Gasteiger partial charge < -0.3 is 4.98 Å². The molecule has 0 amide bonds. The van der Waals surface area contributed by atoms with Crippen molar-refractivity contribution in [3.8, 4) is 6.07 Å². The first-order valence-electron chi connectivity index (χ1n) is 6.22. The van der Waals surface area contributed by atoms with Crippen molar-refractivity contribution in [2.24, 2.45) is 0 Å². The van der Waals surface area contributed by atoms with Crippen molar-refractivity contribution in [3.05, 3.63) is 70.4 Å². The highest BCUT2D eigenvalue weighted by Gasteiger charge is 2.09. The summed E-state index contributed by atoms with van der Waals surface area (Å²) in [6.07, 6.45) is 3.90. The van der Waals surface area contributed by atoms with Gasteiger partial charge in [-0.25, -0.2) is 0 Å². The van der Waals surface area contributed by atoms with Crippen LogP contribution in [-0.4, -0.2) is 4.98 Å². The molecule has 1 N–H and O–H groups in total. The first kappa shape index (κ1) is 12.5. The van der Waals surface area contributed by atoms with Gasteiger partial charge in [0.1, 0.15) is 6.07 Å². The molecule has 0 aliphatic rings. The lowest BCUT2D eigenvalue weighted by molar-refractivity contribution is 1.41. The summed E-state index contributed by atoms with van der Waals surface area (Å²) in [5.74, 6) is 0. The molecule has 0 saturated heterocycles. The summed E-state index contributed by atoms with van der Waals surface area (Å²) in [4.78, 5) is 3.24. The highest BCUT2D eigenvalue weighted by atomic mass is 35.5. The van der Waals surface area contributed by atoms with Gasteiger partial charge in [0.05, 0.1) is 11.3 Å². The average molecular weight is 279 g/mol. The lowest BCUT2D eigenvalue weighted by Gasteiger charge is -1.92. The number of rotatable bonds is 2. The predicted octanol–water partition coefficient (Wildman–Crippen LogP) is 4.86. The van der Waals surface area contributed by atoms with E-state index in [-0.39, 0.29) is 0 Å². The Kier molecular flexibility index (Phi) is 3.28. The van der Waals surface area contributed by atoms with Crippen LogP contribution in [0.3, 0.4) is 0 Å². The monoisotopic (exact) mass is 278 g/mol. The highest BCUT2D eigenvalue weighted by Crippen LogP contribution is 2.26. The minimum Gasteiger partial charge on any atom is -0.354 e. The van der Waals surface area contributed by atoms with Crippen LogP contribution in [0.4, 0.5) is 0 Å². The van der Waals surface area contributed by atoms with E-state index in [4.69, 9.17) is 11.6 Å². The van der Waals surface area contributed by atoms with E-state index in [0.29, 0.717) is 10.6 Å². The molecule has 1 heterocycles. The fourth-order valence-corrected chi connectivity index (χ4v) is 2.35. The molecule has 1 aromatic heterocycles. The molecule has 3 rings (SSSR count). The first-order chi connectivity index (χ1) is 9.78. The van der Waals surface area contributed by atoms with E-state index < -0.39 is 0 Å². The molecule has 96 valence electrons. The molecule has 0 radical (unpaired) electrons. The zero-order valence-corrected chi connectivity index (χ0v) is 11.4. The summed E-state index contributed by atoms with van der Waals surface area (Å²) in [5.41, 5.74) is 3.43. The second-order valence-electron chi connectivity index (χ2n) is 4.46. The second-order valence-corrected chi connectivity index (χ2v) is 4.90. The Morgan fingerprint density at radius 2 is 1.85 bits per heavy atom. The quantitative estimate of drug-likeness (QED) is 0.714. The third-order valence-electron chi connectivity index (χ3n) is 3.14. The van der Waals surface area contributed by atoms with Gasteiger partial charge >= 0.3 is 0 Å². The molecule has 20 heavy (non-hydrogen) atoms. The van der Waals surface area contributed by atoms with E-state index in [9.17, 15) is 5.26 Å². The molecule has 0 aliphatic carbocycles. The third-order valence-corrected chi connectivity index (χ3v) is 3.38. The minimum atomic E-state index is 0.620. The number of hydrogen-bond donors (Lipinski definition) is 1. The van der Waals surface area contributed by atoms with Gasteiger partial charge in [-0.2, -0.15) is 5.26 Å². The Morgan fingerprint density at radius 3 is 2.60 bits per heavy atom. The summed E-state index contributed by atoms with van der Waals surface area (Å²) < 4.78 is 0. The maximum absolute atomic E-state index is 9.35. The number of aromatic amines is 1. The van der Waals surface area contributed by atoms with E-state index in [1.54, 1.807) is 0 Å². The van der Waals surface area contributed by atoms with Gasteiger partial charge in [0.25, 0.3) is 0 Å². The molecule has 0 aliphatic heterocycles. The molecule has 0 fully saturated rings. The number of nitrogens with zero attached hydrogens (tertiary/aromatic N) is 1. The van der Waals surface area contributed by atoms with E-state index in [0.717, 1.165) is 22.2 Å². The van der Waals surface area contributed by atoms with Crippen LogP contribution in [0.2, 0.25) is 5.02 Å². The average Bonchev–Trinajstić information content (AvgIpc) is 2.83. The van der Waals surface area contributed by atoms with Gasteiger partial charge in [-0.1, -0.05) is 48.0 Å².